The third-order valence-corrected chi connectivity index (χ3v) is 3.96. The van der Waals surface area contributed by atoms with Crippen molar-refractivity contribution in [3.05, 3.63) is 53.6 Å². The van der Waals surface area contributed by atoms with E-state index >= 15 is 0 Å². The van der Waals surface area contributed by atoms with E-state index in [0.717, 1.165) is 17.8 Å². The van der Waals surface area contributed by atoms with Gasteiger partial charge >= 0.3 is 0 Å². The van der Waals surface area contributed by atoms with Gasteiger partial charge in [-0.2, -0.15) is 5.10 Å². The molecule has 0 fully saturated rings. The lowest BCUT2D eigenvalue weighted by Gasteiger charge is -2.22. The normalized spacial score (nSPS) is 16.6. The molecule has 1 aliphatic rings. The standard InChI is InChI=1S/C18H20N4O3/c1-25-12-16-20-17-10-8-14(11-22(17)21-16)19-18(24)15(23)9-7-13-5-3-2-4-6-13/h2-7,9,14H,8,10-12H2,1H3,(H,19,24)/b9-7+. The first-order chi connectivity index (χ1) is 12.2. The molecule has 7 nitrogen and oxygen atoms in total. The molecule has 0 saturated carbocycles. The van der Waals surface area contributed by atoms with E-state index in [4.69, 9.17) is 4.74 Å². The molecule has 2 heterocycles. The number of ketones is 1. The molecule has 0 radical (unpaired) electrons. The van der Waals surface area contributed by atoms with Crippen molar-refractivity contribution in [2.24, 2.45) is 0 Å². The van der Waals surface area contributed by atoms with Gasteiger partial charge in [-0.25, -0.2) is 9.67 Å². The number of carbonyl (C=O) groups excluding carboxylic acids is 2. The van der Waals surface area contributed by atoms with Crippen molar-refractivity contribution in [3.63, 3.8) is 0 Å². The van der Waals surface area contributed by atoms with Gasteiger partial charge in [0.25, 0.3) is 5.91 Å². The highest BCUT2D eigenvalue weighted by atomic mass is 16.5. The lowest BCUT2D eigenvalue weighted by atomic mass is 10.1. The van der Waals surface area contributed by atoms with Crippen molar-refractivity contribution in [2.75, 3.05) is 7.11 Å². The monoisotopic (exact) mass is 340 g/mol. The van der Waals surface area contributed by atoms with Gasteiger partial charge in [-0.15, -0.1) is 0 Å². The Kier molecular flexibility index (Phi) is 5.35. The van der Waals surface area contributed by atoms with Crippen LogP contribution < -0.4 is 5.32 Å². The minimum Gasteiger partial charge on any atom is -0.377 e. The van der Waals surface area contributed by atoms with Crippen LogP contribution in [-0.2, 0) is 33.9 Å². The highest BCUT2D eigenvalue weighted by Crippen LogP contribution is 2.13. The van der Waals surface area contributed by atoms with Crippen molar-refractivity contribution in [2.45, 2.75) is 32.0 Å². The van der Waals surface area contributed by atoms with Crippen molar-refractivity contribution < 1.29 is 14.3 Å². The van der Waals surface area contributed by atoms with Gasteiger partial charge in [0, 0.05) is 19.6 Å². The largest absolute Gasteiger partial charge is 0.377 e. The number of amides is 1. The molecule has 1 aliphatic heterocycles. The zero-order chi connectivity index (χ0) is 17.6. The Morgan fingerprint density at radius 3 is 2.92 bits per heavy atom. The van der Waals surface area contributed by atoms with Crippen LogP contribution in [-0.4, -0.2) is 39.6 Å². The molecular weight excluding hydrogens is 320 g/mol. The van der Waals surface area contributed by atoms with E-state index in [9.17, 15) is 9.59 Å². The fourth-order valence-corrected chi connectivity index (χ4v) is 2.74. The van der Waals surface area contributed by atoms with Gasteiger partial charge in [0.15, 0.2) is 5.82 Å². The smallest absolute Gasteiger partial charge is 0.292 e. The number of benzene rings is 1. The number of methoxy groups -OCH3 is 1. The van der Waals surface area contributed by atoms with Crippen molar-refractivity contribution in [3.8, 4) is 0 Å². The van der Waals surface area contributed by atoms with Crippen LogP contribution in [0.5, 0.6) is 0 Å². The molecule has 0 bridgehead atoms. The predicted octanol–water partition coefficient (Wildman–Crippen LogP) is 1.14. The predicted molar refractivity (Wildman–Crippen MR) is 91.5 cm³/mol. The summed E-state index contributed by atoms with van der Waals surface area (Å²) >= 11 is 0. The zero-order valence-electron chi connectivity index (χ0n) is 14.0. The maximum absolute atomic E-state index is 12.1. The van der Waals surface area contributed by atoms with Crippen LogP contribution in [0.25, 0.3) is 6.08 Å². The maximum Gasteiger partial charge on any atom is 0.292 e. The van der Waals surface area contributed by atoms with Crippen molar-refractivity contribution in [1.29, 1.82) is 0 Å². The summed E-state index contributed by atoms with van der Waals surface area (Å²) in [5.74, 6) is 0.352. The molecule has 2 aromatic rings. The number of nitrogens with one attached hydrogen (secondary N) is 1. The number of aryl methyl sites for hydroxylation is 1. The third kappa shape index (κ3) is 4.39. The molecule has 1 aromatic carbocycles. The van der Waals surface area contributed by atoms with E-state index in [1.807, 2.05) is 30.3 Å². The molecule has 1 amide bonds. The molecule has 130 valence electrons. The van der Waals surface area contributed by atoms with Gasteiger partial charge in [0.1, 0.15) is 12.4 Å². The highest BCUT2D eigenvalue weighted by molar-refractivity contribution is 6.41. The second-order valence-corrected chi connectivity index (χ2v) is 5.88. The number of rotatable bonds is 6. The fourth-order valence-electron chi connectivity index (χ4n) is 2.74. The molecular formula is C18H20N4O3. The second-order valence-electron chi connectivity index (χ2n) is 5.88. The van der Waals surface area contributed by atoms with Crippen molar-refractivity contribution >= 4 is 17.8 Å². The summed E-state index contributed by atoms with van der Waals surface area (Å²) < 4.78 is 6.80. The van der Waals surface area contributed by atoms with Crippen LogP contribution in [0.2, 0.25) is 0 Å². The van der Waals surface area contributed by atoms with E-state index < -0.39 is 11.7 Å². The van der Waals surface area contributed by atoms with Crippen molar-refractivity contribution in [1.82, 2.24) is 20.1 Å². The molecule has 1 unspecified atom stereocenters. The van der Waals surface area contributed by atoms with Crippen LogP contribution in [0.3, 0.4) is 0 Å². The summed E-state index contributed by atoms with van der Waals surface area (Å²) in [6.07, 6.45) is 4.36. The van der Waals surface area contributed by atoms with Gasteiger partial charge in [0.05, 0.1) is 6.54 Å². The summed E-state index contributed by atoms with van der Waals surface area (Å²) in [6.45, 7) is 0.868. The number of fused-ring (bicyclic) bond motifs is 1. The topological polar surface area (TPSA) is 86.1 Å². The summed E-state index contributed by atoms with van der Waals surface area (Å²) in [6, 6.07) is 9.25. The van der Waals surface area contributed by atoms with Gasteiger partial charge in [-0.1, -0.05) is 36.4 Å². The first-order valence-electron chi connectivity index (χ1n) is 8.15. The average molecular weight is 340 g/mol. The Hall–Kier alpha value is -2.80. The third-order valence-electron chi connectivity index (χ3n) is 3.96. The summed E-state index contributed by atoms with van der Waals surface area (Å²) in [5.41, 5.74) is 0.874. The lowest BCUT2D eigenvalue weighted by Crippen LogP contribution is -2.43. The Bertz CT molecular complexity index is 783. The number of hydrogen-bond acceptors (Lipinski definition) is 5. The molecule has 3 rings (SSSR count). The molecule has 1 N–H and O–H groups in total. The Morgan fingerprint density at radius 2 is 2.16 bits per heavy atom. The Morgan fingerprint density at radius 1 is 1.36 bits per heavy atom. The quantitative estimate of drug-likeness (QED) is 0.629. The second kappa shape index (κ2) is 7.85. The highest BCUT2D eigenvalue weighted by Gasteiger charge is 2.24. The number of nitrogens with zero attached hydrogens (tertiary/aromatic N) is 3. The number of ether oxygens (including phenoxy) is 1. The van der Waals surface area contributed by atoms with E-state index in [0.29, 0.717) is 25.4 Å². The fraction of sp³-hybridized carbons (Fsp3) is 0.333. The lowest BCUT2D eigenvalue weighted by molar-refractivity contribution is -0.135. The van der Waals surface area contributed by atoms with Crippen LogP contribution in [0.4, 0.5) is 0 Å². The van der Waals surface area contributed by atoms with E-state index in [-0.39, 0.29) is 6.04 Å². The van der Waals surface area contributed by atoms with Gasteiger partial charge in [-0.3, -0.25) is 9.59 Å². The van der Waals surface area contributed by atoms with Gasteiger partial charge in [0.2, 0.25) is 5.78 Å². The SMILES string of the molecule is COCc1nc2n(n1)CC(NC(=O)C(=O)/C=C/c1ccccc1)CC2. The molecule has 0 saturated heterocycles. The Balaban J connectivity index is 1.56. The first kappa shape index (κ1) is 17.0. The molecule has 0 aliphatic carbocycles. The van der Waals surface area contributed by atoms with Crippen LogP contribution in [0.15, 0.2) is 36.4 Å². The first-order valence-corrected chi connectivity index (χ1v) is 8.15. The number of hydrogen-bond donors (Lipinski definition) is 1. The molecule has 25 heavy (non-hydrogen) atoms. The summed E-state index contributed by atoms with van der Waals surface area (Å²) in [5, 5.41) is 7.13. The van der Waals surface area contributed by atoms with Gasteiger partial charge < -0.3 is 10.1 Å². The summed E-state index contributed by atoms with van der Waals surface area (Å²) in [4.78, 5) is 28.4. The zero-order valence-corrected chi connectivity index (χ0v) is 14.0. The van der Waals surface area contributed by atoms with Gasteiger partial charge in [-0.05, 0) is 18.1 Å². The van der Waals surface area contributed by atoms with Crippen LogP contribution >= 0.6 is 0 Å². The van der Waals surface area contributed by atoms with Crippen LogP contribution in [0, 0.1) is 0 Å². The molecule has 1 atom stereocenters. The minimum atomic E-state index is -0.599. The van der Waals surface area contributed by atoms with E-state index in [1.165, 1.54) is 6.08 Å². The Labute approximate surface area is 145 Å². The average Bonchev–Trinajstić information content (AvgIpc) is 3.02. The number of carbonyl (C=O) groups is 2. The van der Waals surface area contributed by atoms with Crippen LogP contribution in [0.1, 0.15) is 23.6 Å². The van der Waals surface area contributed by atoms with E-state index in [2.05, 4.69) is 15.4 Å². The maximum atomic E-state index is 12.1. The minimum absolute atomic E-state index is 0.133. The van der Waals surface area contributed by atoms with E-state index in [1.54, 1.807) is 17.9 Å². The molecule has 0 spiro atoms. The molecule has 1 aromatic heterocycles. The molecule has 7 heteroatoms. The summed E-state index contributed by atoms with van der Waals surface area (Å²) in [7, 11) is 1.59. The number of aromatic nitrogens is 3.